The van der Waals surface area contributed by atoms with Crippen LogP contribution in [0.2, 0.25) is 0 Å². The van der Waals surface area contributed by atoms with Crippen LogP contribution < -0.4 is 5.32 Å². The Kier molecular flexibility index (Phi) is 3.67. The maximum Gasteiger partial charge on any atom is 0.0683 e. The van der Waals surface area contributed by atoms with Gasteiger partial charge in [-0.2, -0.15) is 0 Å². The second kappa shape index (κ2) is 5.43. The van der Waals surface area contributed by atoms with Crippen molar-refractivity contribution in [3.05, 3.63) is 51.0 Å². The molecule has 0 aromatic carbocycles. The van der Waals surface area contributed by atoms with Crippen molar-refractivity contribution in [1.82, 2.24) is 10.3 Å². The van der Waals surface area contributed by atoms with Gasteiger partial charge in [0.2, 0.25) is 0 Å². The van der Waals surface area contributed by atoms with Gasteiger partial charge in [0, 0.05) is 21.6 Å². The summed E-state index contributed by atoms with van der Waals surface area (Å²) in [7, 11) is 2.03. The summed E-state index contributed by atoms with van der Waals surface area (Å²) in [5.74, 6) is 0. The first-order valence-corrected chi connectivity index (χ1v) is 7.81. The van der Waals surface area contributed by atoms with Crippen molar-refractivity contribution >= 4 is 11.3 Å². The lowest BCUT2D eigenvalue weighted by molar-refractivity contribution is 0.690. The molecule has 19 heavy (non-hydrogen) atoms. The van der Waals surface area contributed by atoms with Crippen molar-refractivity contribution in [2.24, 2.45) is 0 Å². The van der Waals surface area contributed by atoms with E-state index >= 15 is 0 Å². The minimum atomic E-state index is 0.281. The van der Waals surface area contributed by atoms with Crippen LogP contribution >= 0.6 is 11.3 Å². The van der Waals surface area contributed by atoms with Gasteiger partial charge in [0.1, 0.15) is 0 Å². The van der Waals surface area contributed by atoms with E-state index < -0.39 is 0 Å². The number of aromatic nitrogens is 1. The highest BCUT2D eigenvalue weighted by molar-refractivity contribution is 7.12. The van der Waals surface area contributed by atoms with E-state index in [-0.39, 0.29) is 6.04 Å². The Hall–Kier alpha value is -1.19. The number of aryl methyl sites for hydroxylation is 3. The Morgan fingerprint density at radius 2 is 2.11 bits per heavy atom. The van der Waals surface area contributed by atoms with Crippen molar-refractivity contribution < 1.29 is 0 Å². The minimum absolute atomic E-state index is 0.281. The van der Waals surface area contributed by atoms with Crippen LogP contribution in [0.4, 0.5) is 0 Å². The van der Waals surface area contributed by atoms with Gasteiger partial charge in [0.15, 0.2) is 0 Å². The molecule has 1 unspecified atom stereocenters. The van der Waals surface area contributed by atoms with Crippen molar-refractivity contribution in [3.8, 4) is 0 Å². The lowest BCUT2D eigenvalue weighted by Crippen LogP contribution is -2.16. The molecule has 1 aliphatic carbocycles. The van der Waals surface area contributed by atoms with Crippen LogP contribution in [0.15, 0.2) is 24.4 Å². The van der Waals surface area contributed by atoms with Gasteiger partial charge < -0.3 is 5.32 Å². The quantitative estimate of drug-likeness (QED) is 0.922. The maximum atomic E-state index is 4.42. The van der Waals surface area contributed by atoms with Crippen LogP contribution in [0.1, 0.15) is 45.5 Å². The molecular formula is C16H20N2S. The summed E-state index contributed by atoms with van der Waals surface area (Å²) < 4.78 is 0. The molecular weight excluding hydrogens is 252 g/mol. The number of hydrogen-bond acceptors (Lipinski definition) is 3. The van der Waals surface area contributed by atoms with E-state index in [1.165, 1.54) is 36.1 Å². The summed E-state index contributed by atoms with van der Waals surface area (Å²) in [5, 5.41) is 3.43. The van der Waals surface area contributed by atoms with E-state index in [1.807, 2.05) is 31.5 Å². The maximum absolute atomic E-state index is 4.42. The summed E-state index contributed by atoms with van der Waals surface area (Å²) in [5.41, 5.74) is 3.90. The fourth-order valence-corrected chi connectivity index (χ4v) is 4.18. The zero-order valence-electron chi connectivity index (χ0n) is 11.6. The summed E-state index contributed by atoms with van der Waals surface area (Å²) in [6.45, 7) is 2.03. The second-order valence-corrected chi connectivity index (χ2v) is 6.43. The van der Waals surface area contributed by atoms with E-state index in [4.69, 9.17) is 0 Å². The predicted molar refractivity (Wildman–Crippen MR) is 80.8 cm³/mol. The smallest absolute Gasteiger partial charge is 0.0683 e. The molecule has 2 aromatic heterocycles. The molecule has 3 rings (SSSR count). The molecule has 2 nitrogen and oxygen atoms in total. The number of nitrogens with zero attached hydrogens (tertiary/aromatic N) is 1. The van der Waals surface area contributed by atoms with E-state index in [9.17, 15) is 0 Å². The van der Waals surface area contributed by atoms with Crippen LogP contribution in [0.5, 0.6) is 0 Å². The predicted octanol–water partition coefficient (Wildman–Crippen LogP) is 3.64. The normalized spacial score (nSPS) is 16.1. The average Bonchev–Trinajstić information content (AvgIpc) is 2.85. The van der Waals surface area contributed by atoms with E-state index in [2.05, 4.69) is 28.5 Å². The number of hydrogen-bond donors (Lipinski definition) is 1. The van der Waals surface area contributed by atoms with Crippen molar-refractivity contribution in [2.45, 2.75) is 38.6 Å². The van der Waals surface area contributed by atoms with Crippen molar-refractivity contribution in [2.75, 3.05) is 7.05 Å². The number of pyridine rings is 1. The Balaban J connectivity index is 1.93. The van der Waals surface area contributed by atoms with Crippen LogP contribution in [0.3, 0.4) is 0 Å². The monoisotopic (exact) mass is 272 g/mol. The van der Waals surface area contributed by atoms with Crippen molar-refractivity contribution in [3.63, 3.8) is 0 Å². The van der Waals surface area contributed by atoms with E-state index in [0.29, 0.717) is 0 Å². The Morgan fingerprint density at radius 3 is 2.79 bits per heavy atom. The van der Waals surface area contributed by atoms with E-state index in [0.717, 1.165) is 5.69 Å². The third-order valence-corrected chi connectivity index (χ3v) is 5.16. The molecule has 0 fully saturated rings. The van der Waals surface area contributed by atoms with Gasteiger partial charge in [0.25, 0.3) is 0 Å². The molecule has 0 spiro atoms. The summed E-state index contributed by atoms with van der Waals surface area (Å²) in [6.07, 6.45) is 7.22. The standard InChI is InChI=1S/C16H20N2S/c1-11-7-8-13(10-18-11)16(17-2)15-9-12-5-3-4-6-14(12)19-15/h7-10,16-17H,3-6H2,1-2H3. The molecule has 0 aliphatic heterocycles. The molecule has 0 radical (unpaired) electrons. The Bertz CT molecular complexity index is 533. The zero-order valence-corrected chi connectivity index (χ0v) is 12.4. The molecule has 1 aliphatic rings. The Morgan fingerprint density at radius 1 is 1.26 bits per heavy atom. The highest BCUT2D eigenvalue weighted by Crippen LogP contribution is 2.35. The van der Waals surface area contributed by atoms with Gasteiger partial charge in [-0.3, -0.25) is 4.98 Å². The first-order chi connectivity index (χ1) is 9.28. The molecule has 2 aromatic rings. The highest BCUT2D eigenvalue weighted by Gasteiger charge is 2.19. The summed E-state index contributed by atoms with van der Waals surface area (Å²) in [6, 6.07) is 6.96. The topological polar surface area (TPSA) is 24.9 Å². The lowest BCUT2D eigenvalue weighted by Gasteiger charge is -2.14. The zero-order chi connectivity index (χ0) is 13.2. The number of rotatable bonds is 3. The minimum Gasteiger partial charge on any atom is -0.309 e. The Labute approximate surface area is 118 Å². The molecule has 0 saturated heterocycles. The summed E-state index contributed by atoms with van der Waals surface area (Å²) >= 11 is 1.98. The average molecular weight is 272 g/mol. The third-order valence-electron chi connectivity index (χ3n) is 3.86. The summed E-state index contributed by atoms with van der Waals surface area (Å²) in [4.78, 5) is 7.45. The molecule has 2 heterocycles. The van der Waals surface area contributed by atoms with Crippen LogP contribution in [-0.2, 0) is 12.8 Å². The van der Waals surface area contributed by atoms with Gasteiger partial charge >= 0.3 is 0 Å². The SMILES string of the molecule is CNC(c1ccc(C)nc1)c1cc2c(s1)CCCC2. The molecule has 3 heteroatoms. The van der Waals surface area contributed by atoms with Gasteiger partial charge in [-0.1, -0.05) is 6.07 Å². The first-order valence-electron chi connectivity index (χ1n) is 6.99. The van der Waals surface area contributed by atoms with Crippen LogP contribution in [0, 0.1) is 6.92 Å². The lowest BCUT2D eigenvalue weighted by atomic mass is 9.98. The fraction of sp³-hybridized carbons (Fsp3) is 0.438. The third kappa shape index (κ3) is 2.58. The molecule has 0 amide bonds. The number of fused-ring (bicyclic) bond motifs is 1. The fourth-order valence-electron chi connectivity index (χ4n) is 2.78. The van der Waals surface area contributed by atoms with Gasteiger partial charge in [-0.05, 0) is 62.9 Å². The second-order valence-electron chi connectivity index (χ2n) is 5.26. The highest BCUT2D eigenvalue weighted by atomic mass is 32.1. The molecule has 1 atom stereocenters. The van der Waals surface area contributed by atoms with E-state index in [1.54, 1.807) is 10.4 Å². The molecule has 1 N–H and O–H groups in total. The van der Waals surface area contributed by atoms with Gasteiger partial charge in [0.05, 0.1) is 6.04 Å². The van der Waals surface area contributed by atoms with Crippen LogP contribution in [-0.4, -0.2) is 12.0 Å². The number of thiophene rings is 1. The molecule has 0 bridgehead atoms. The van der Waals surface area contributed by atoms with Crippen molar-refractivity contribution in [1.29, 1.82) is 0 Å². The van der Waals surface area contributed by atoms with Gasteiger partial charge in [-0.25, -0.2) is 0 Å². The largest absolute Gasteiger partial charge is 0.309 e. The first kappa shape index (κ1) is 12.8. The number of nitrogens with one attached hydrogen (secondary N) is 1. The van der Waals surface area contributed by atoms with Gasteiger partial charge in [-0.15, -0.1) is 11.3 Å². The van der Waals surface area contributed by atoms with Crippen LogP contribution in [0.25, 0.3) is 0 Å². The molecule has 100 valence electrons. The molecule has 0 saturated carbocycles.